The molecule has 0 fully saturated rings. The van der Waals surface area contributed by atoms with E-state index in [0.717, 1.165) is 24.8 Å². The lowest BCUT2D eigenvalue weighted by molar-refractivity contribution is 0.0898. The molecule has 3 heteroatoms. The molecule has 1 aliphatic carbocycles. The maximum Gasteiger partial charge on any atom is 0.251 e. The monoisotopic (exact) mass is 274 g/mol. The van der Waals surface area contributed by atoms with Crippen LogP contribution in [0.25, 0.3) is 0 Å². The molecule has 0 radical (unpaired) electrons. The molecule has 3 nitrogen and oxygen atoms in total. The Morgan fingerprint density at radius 1 is 1.35 bits per heavy atom. The van der Waals surface area contributed by atoms with Crippen molar-refractivity contribution >= 4 is 5.91 Å². The fraction of sp³-hybridized carbons (Fsp3) is 0.588. The number of aryl methyl sites for hydroxylation is 2. The SMILES string of the molecule is CC(C)CC(C)(CN)NC(=O)c1ccc2c(c1)CCC2. The lowest BCUT2D eigenvalue weighted by atomic mass is 9.90. The first-order chi connectivity index (χ1) is 9.43. The summed E-state index contributed by atoms with van der Waals surface area (Å²) in [6, 6.07) is 6.08. The average Bonchev–Trinajstić information content (AvgIpc) is 2.84. The van der Waals surface area contributed by atoms with E-state index in [-0.39, 0.29) is 11.4 Å². The summed E-state index contributed by atoms with van der Waals surface area (Å²) in [5, 5.41) is 3.12. The molecule has 0 saturated carbocycles. The van der Waals surface area contributed by atoms with Crippen molar-refractivity contribution in [1.82, 2.24) is 5.32 Å². The Balaban J connectivity index is 2.11. The Hall–Kier alpha value is -1.35. The summed E-state index contributed by atoms with van der Waals surface area (Å²) in [5.41, 5.74) is 9.01. The molecule has 3 N–H and O–H groups in total. The van der Waals surface area contributed by atoms with Gasteiger partial charge < -0.3 is 11.1 Å². The summed E-state index contributed by atoms with van der Waals surface area (Å²) < 4.78 is 0. The Kier molecular flexibility index (Phi) is 4.48. The fourth-order valence-corrected chi connectivity index (χ4v) is 3.15. The molecule has 1 aliphatic rings. The molecule has 1 aromatic rings. The second kappa shape index (κ2) is 5.96. The topological polar surface area (TPSA) is 55.1 Å². The lowest BCUT2D eigenvalue weighted by Crippen LogP contribution is -2.52. The minimum atomic E-state index is -0.329. The van der Waals surface area contributed by atoms with Crippen LogP contribution in [-0.4, -0.2) is 18.0 Å². The second-order valence-electron chi connectivity index (χ2n) is 6.65. The number of carbonyl (C=O) groups excluding carboxylic acids is 1. The quantitative estimate of drug-likeness (QED) is 0.867. The van der Waals surface area contributed by atoms with E-state index in [1.54, 1.807) is 0 Å². The van der Waals surface area contributed by atoms with Crippen molar-refractivity contribution in [2.75, 3.05) is 6.54 Å². The maximum absolute atomic E-state index is 12.4. The molecule has 110 valence electrons. The molecule has 0 heterocycles. The van der Waals surface area contributed by atoms with Crippen molar-refractivity contribution in [3.8, 4) is 0 Å². The van der Waals surface area contributed by atoms with Gasteiger partial charge >= 0.3 is 0 Å². The fourth-order valence-electron chi connectivity index (χ4n) is 3.15. The molecule has 0 aliphatic heterocycles. The van der Waals surface area contributed by atoms with Crippen LogP contribution in [-0.2, 0) is 12.8 Å². The van der Waals surface area contributed by atoms with Gasteiger partial charge in [0.15, 0.2) is 0 Å². The molecule has 0 bridgehead atoms. The van der Waals surface area contributed by atoms with Crippen LogP contribution in [0.4, 0.5) is 0 Å². The van der Waals surface area contributed by atoms with Gasteiger partial charge in [-0.05, 0) is 61.8 Å². The summed E-state index contributed by atoms with van der Waals surface area (Å²) in [4.78, 5) is 12.4. The number of fused-ring (bicyclic) bond motifs is 1. The van der Waals surface area contributed by atoms with Crippen molar-refractivity contribution in [3.05, 3.63) is 34.9 Å². The summed E-state index contributed by atoms with van der Waals surface area (Å²) in [6.45, 7) is 6.78. The third kappa shape index (κ3) is 3.40. The van der Waals surface area contributed by atoms with Gasteiger partial charge in [0.2, 0.25) is 0 Å². The zero-order chi connectivity index (χ0) is 14.8. The van der Waals surface area contributed by atoms with Gasteiger partial charge in [-0.2, -0.15) is 0 Å². The molecule has 0 spiro atoms. The first kappa shape index (κ1) is 15.0. The molecule has 1 unspecified atom stereocenters. The Labute approximate surface area is 121 Å². The highest BCUT2D eigenvalue weighted by Crippen LogP contribution is 2.23. The van der Waals surface area contributed by atoms with E-state index in [2.05, 4.69) is 25.2 Å². The van der Waals surface area contributed by atoms with Gasteiger partial charge in [0.25, 0.3) is 5.91 Å². The van der Waals surface area contributed by atoms with Gasteiger partial charge in [0, 0.05) is 17.6 Å². The Morgan fingerprint density at radius 3 is 2.70 bits per heavy atom. The summed E-state index contributed by atoms with van der Waals surface area (Å²) in [5.74, 6) is 0.497. The van der Waals surface area contributed by atoms with Crippen LogP contribution in [0.5, 0.6) is 0 Å². The number of nitrogens with one attached hydrogen (secondary N) is 1. The lowest BCUT2D eigenvalue weighted by Gasteiger charge is -2.31. The van der Waals surface area contributed by atoms with Crippen molar-refractivity contribution in [3.63, 3.8) is 0 Å². The van der Waals surface area contributed by atoms with Gasteiger partial charge in [0.1, 0.15) is 0 Å². The molecular weight excluding hydrogens is 248 g/mol. The Bertz CT molecular complexity index is 496. The number of amides is 1. The summed E-state index contributed by atoms with van der Waals surface area (Å²) in [7, 11) is 0. The van der Waals surface area contributed by atoms with Gasteiger partial charge in [-0.15, -0.1) is 0 Å². The molecule has 0 aromatic heterocycles. The third-order valence-electron chi connectivity index (χ3n) is 4.09. The standard InChI is InChI=1S/C17H26N2O/c1-12(2)10-17(3,11-18)19-16(20)15-8-7-13-5-4-6-14(13)9-15/h7-9,12H,4-6,10-11,18H2,1-3H3,(H,19,20). The van der Waals surface area contributed by atoms with E-state index >= 15 is 0 Å². The van der Waals surface area contributed by atoms with Gasteiger partial charge in [-0.3, -0.25) is 4.79 Å². The zero-order valence-corrected chi connectivity index (χ0v) is 12.8. The number of nitrogens with two attached hydrogens (primary N) is 1. The van der Waals surface area contributed by atoms with Crippen LogP contribution < -0.4 is 11.1 Å². The van der Waals surface area contributed by atoms with Crippen LogP contribution in [0.2, 0.25) is 0 Å². The van der Waals surface area contributed by atoms with E-state index in [0.29, 0.717) is 12.5 Å². The largest absolute Gasteiger partial charge is 0.346 e. The van der Waals surface area contributed by atoms with E-state index in [4.69, 9.17) is 5.73 Å². The van der Waals surface area contributed by atoms with Gasteiger partial charge in [-0.1, -0.05) is 19.9 Å². The average molecular weight is 274 g/mol. The number of carbonyl (C=O) groups is 1. The van der Waals surface area contributed by atoms with E-state index in [1.807, 2.05) is 19.1 Å². The normalized spacial score (nSPS) is 16.9. The summed E-state index contributed by atoms with van der Waals surface area (Å²) >= 11 is 0. The van der Waals surface area contributed by atoms with Gasteiger partial charge in [0.05, 0.1) is 0 Å². The number of rotatable bonds is 5. The van der Waals surface area contributed by atoms with Gasteiger partial charge in [-0.25, -0.2) is 0 Å². The molecular formula is C17H26N2O. The van der Waals surface area contributed by atoms with E-state index in [9.17, 15) is 4.79 Å². The van der Waals surface area contributed by atoms with Crippen LogP contribution >= 0.6 is 0 Å². The number of hydrogen-bond donors (Lipinski definition) is 2. The van der Waals surface area contributed by atoms with Crippen LogP contribution in [0.15, 0.2) is 18.2 Å². The highest BCUT2D eigenvalue weighted by atomic mass is 16.1. The van der Waals surface area contributed by atoms with E-state index < -0.39 is 0 Å². The molecule has 2 rings (SSSR count). The Morgan fingerprint density at radius 2 is 2.05 bits per heavy atom. The molecule has 1 atom stereocenters. The van der Waals surface area contributed by atoms with Crippen LogP contribution in [0.3, 0.4) is 0 Å². The molecule has 1 aromatic carbocycles. The number of benzene rings is 1. The molecule has 1 amide bonds. The van der Waals surface area contributed by atoms with Crippen LogP contribution in [0, 0.1) is 5.92 Å². The van der Waals surface area contributed by atoms with Crippen LogP contribution in [0.1, 0.15) is 55.1 Å². The van der Waals surface area contributed by atoms with Crippen molar-refractivity contribution in [2.45, 2.75) is 52.0 Å². The maximum atomic E-state index is 12.4. The highest BCUT2D eigenvalue weighted by molar-refractivity contribution is 5.95. The number of hydrogen-bond acceptors (Lipinski definition) is 2. The zero-order valence-electron chi connectivity index (χ0n) is 12.8. The smallest absolute Gasteiger partial charge is 0.251 e. The third-order valence-corrected chi connectivity index (χ3v) is 4.09. The van der Waals surface area contributed by atoms with Crippen molar-refractivity contribution in [2.24, 2.45) is 11.7 Å². The van der Waals surface area contributed by atoms with E-state index in [1.165, 1.54) is 17.5 Å². The first-order valence-electron chi connectivity index (χ1n) is 7.58. The minimum absolute atomic E-state index is 0.00620. The second-order valence-corrected chi connectivity index (χ2v) is 6.65. The highest BCUT2D eigenvalue weighted by Gasteiger charge is 2.26. The summed E-state index contributed by atoms with van der Waals surface area (Å²) in [6.07, 6.45) is 4.33. The van der Waals surface area contributed by atoms with Crippen molar-refractivity contribution < 1.29 is 4.79 Å². The molecule has 0 saturated heterocycles. The predicted molar refractivity (Wildman–Crippen MR) is 82.8 cm³/mol. The first-order valence-corrected chi connectivity index (χ1v) is 7.58. The molecule has 20 heavy (non-hydrogen) atoms. The predicted octanol–water partition coefficient (Wildman–Crippen LogP) is 2.67. The van der Waals surface area contributed by atoms with Crippen molar-refractivity contribution in [1.29, 1.82) is 0 Å². The minimum Gasteiger partial charge on any atom is -0.346 e.